The first kappa shape index (κ1) is 19.2. The van der Waals surface area contributed by atoms with Gasteiger partial charge in [-0.25, -0.2) is 0 Å². The predicted octanol–water partition coefficient (Wildman–Crippen LogP) is 1.96. The van der Waals surface area contributed by atoms with E-state index in [0.717, 1.165) is 31.5 Å². The Kier molecular flexibility index (Phi) is 9.14. The molecule has 0 bridgehead atoms. The fourth-order valence-corrected chi connectivity index (χ4v) is 4.20. The number of rotatable bonds is 12. The van der Waals surface area contributed by atoms with Crippen LogP contribution in [0.3, 0.4) is 0 Å². The summed E-state index contributed by atoms with van der Waals surface area (Å²) in [4.78, 5) is 0. The molecule has 0 aliphatic carbocycles. The van der Waals surface area contributed by atoms with Gasteiger partial charge >= 0.3 is 152 Å². The van der Waals surface area contributed by atoms with Gasteiger partial charge in [0.15, 0.2) is 0 Å². The van der Waals surface area contributed by atoms with Crippen molar-refractivity contribution in [1.29, 1.82) is 0 Å². The van der Waals surface area contributed by atoms with Gasteiger partial charge in [0.05, 0.1) is 0 Å². The van der Waals surface area contributed by atoms with E-state index in [4.69, 9.17) is 9.47 Å². The molecule has 0 N–H and O–H groups in total. The van der Waals surface area contributed by atoms with E-state index < -0.39 is 0 Å². The van der Waals surface area contributed by atoms with Gasteiger partial charge < -0.3 is 0 Å². The summed E-state index contributed by atoms with van der Waals surface area (Å²) in [6.07, 6.45) is 8.67. The fourth-order valence-electron chi connectivity index (χ4n) is 2.27. The van der Waals surface area contributed by atoms with Crippen molar-refractivity contribution in [3.8, 4) is 0 Å². The van der Waals surface area contributed by atoms with Crippen LogP contribution >= 0.6 is 0 Å². The van der Waals surface area contributed by atoms with Crippen LogP contribution < -0.4 is 9.03 Å². The molecule has 1 atom stereocenters. The van der Waals surface area contributed by atoms with Crippen LogP contribution in [0.15, 0.2) is 49.1 Å². The number of nitrogens with zero attached hydrogens (tertiary/aromatic N) is 2. The second kappa shape index (κ2) is 11.4. The van der Waals surface area contributed by atoms with Crippen molar-refractivity contribution in [1.82, 2.24) is 4.57 Å². The molecule has 24 heavy (non-hydrogen) atoms. The van der Waals surface area contributed by atoms with Gasteiger partial charge in [-0.05, 0) is 0 Å². The molecule has 0 saturated carbocycles. The standard InChI is InChI=1S/C19H29N2O2Se/c1-3-4-13-22-15-18(16-24-19-8-6-5-7-9-19)23-14-12-21-11-10-20(2)17-21/h5-11,17-18H,3-4,12-16H2,1-2H3/q+1. The molecule has 132 valence electrons. The van der Waals surface area contributed by atoms with E-state index in [1.807, 2.05) is 17.8 Å². The second-order valence-corrected chi connectivity index (χ2v) is 8.16. The molecule has 0 aliphatic rings. The Morgan fingerprint density at radius 3 is 2.75 bits per heavy atom. The Balaban J connectivity index is 1.75. The molecule has 0 spiro atoms. The quantitative estimate of drug-likeness (QED) is 0.312. The van der Waals surface area contributed by atoms with Crippen molar-refractivity contribution >= 4 is 19.4 Å². The summed E-state index contributed by atoms with van der Waals surface area (Å²) in [5.74, 6) is 0. The maximum atomic E-state index is 6.12. The first-order valence-electron chi connectivity index (χ1n) is 8.66. The Hall–Kier alpha value is -1.13. The zero-order chi connectivity index (χ0) is 17.0. The third kappa shape index (κ3) is 7.63. The third-order valence-corrected chi connectivity index (χ3v) is 6.05. The van der Waals surface area contributed by atoms with E-state index in [9.17, 15) is 0 Å². The molecule has 0 aliphatic heterocycles. The number of unbranched alkanes of at least 4 members (excludes halogenated alkanes) is 1. The summed E-state index contributed by atoms with van der Waals surface area (Å²) < 4.78 is 17.5. The van der Waals surface area contributed by atoms with Crippen LogP contribution in [0.5, 0.6) is 0 Å². The molecule has 5 heteroatoms. The minimum atomic E-state index is 0.186. The van der Waals surface area contributed by atoms with Crippen molar-refractivity contribution in [2.24, 2.45) is 7.05 Å². The molecular weight excluding hydrogens is 367 g/mol. The summed E-state index contributed by atoms with van der Waals surface area (Å²) in [6.45, 7) is 5.33. The van der Waals surface area contributed by atoms with Gasteiger partial charge in [-0.1, -0.05) is 0 Å². The van der Waals surface area contributed by atoms with Crippen molar-refractivity contribution in [2.45, 2.75) is 37.7 Å². The number of hydrogen-bond donors (Lipinski definition) is 0. The zero-order valence-corrected chi connectivity index (χ0v) is 16.5. The zero-order valence-electron chi connectivity index (χ0n) is 14.8. The molecular formula is C19H29N2O2Se+. The fraction of sp³-hybridized carbons (Fsp3) is 0.526. The molecule has 0 fully saturated rings. The Bertz CT molecular complexity index is 560. The molecule has 1 aromatic heterocycles. The van der Waals surface area contributed by atoms with Crippen molar-refractivity contribution in [3.63, 3.8) is 0 Å². The number of aryl methyl sites for hydroxylation is 1. The van der Waals surface area contributed by atoms with Crippen LogP contribution in [-0.2, 0) is 23.1 Å². The number of imidazole rings is 1. The second-order valence-electron chi connectivity index (χ2n) is 5.86. The Morgan fingerprint density at radius 2 is 2.04 bits per heavy atom. The summed E-state index contributed by atoms with van der Waals surface area (Å²) >= 11 is 0.430. The molecule has 1 heterocycles. The Morgan fingerprint density at radius 1 is 1.21 bits per heavy atom. The summed E-state index contributed by atoms with van der Waals surface area (Å²) in [7, 11) is 2.03. The molecule has 1 unspecified atom stereocenters. The number of hydrogen-bond acceptors (Lipinski definition) is 2. The number of aromatic nitrogens is 2. The first-order valence-corrected chi connectivity index (χ1v) is 10.7. The van der Waals surface area contributed by atoms with Gasteiger partial charge in [0.2, 0.25) is 0 Å². The monoisotopic (exact) mass is 397 g/mol. The van der Waals surface area contributed by atoms with Crippen LogP contribution in [0, 0.1) is 0 Å². The van der Waals surface area contributed by atoms with Crippen molar-refractivity contribution in [3.05, 3.63) is 49.1 Å². The van der Waals surface area contributed by atoms with Crippen molar-refractivity contribution < 1.29 is 14.0 Å². The minimum absolute atomic E-state index is 0.186. The molecule has 1 aromatic carbocycles. The van der Waals surface area contributed by atoms with Gasteiger partial charge in [-0.3, -0.25) is 0 Å². The van der Waals surface area contributed by atoms with Crippen LogP contribution in [0.4, 0.5) is 0 Å². The number of benzene rings is 1. The third-order valence-electron chi connectivity index (χ3n) is 3.65. The van der Waals surface area contributed by atoms with Crippen LogP contribution in [0.2, 0.25) is 5.32 Å². The van der Waals surface area contributed by atoms with Crippen molar-refractivity contribution in [2.75, 3.05) is 19.8 Å². The van der Waals surface area contributed by atoms with E-state index in [0.29, 0.717) is 21.6 Å². The normalized spacial score (nSPS) is 12.4. The molecule has 2 rings (SSSR count). The van der Waals surface area contributed by atoms with Crippen LogP contribution in [-0.4, -0.2) is 45.4 Å². The van der Waals surface area contributed by atoms with E-state index in [1.54, 1.807) is 0 Å². The molecule has 4 nitrogen and oxygen atoms in total. The number of ether oxygens (including phenoxy) is 2. The molecule has 0 radical (unpaired) electrons. The summed E-state index contributed by atoms with van der Waals surface area (Å²) in [5.41, 5.74) is 0. The van der Waals surface area contributed by atoms with Gasteiger partial charge in [-0.15, -0.1) is 0 Å². The van der Waals surface area contributed by atoms with Crippen LogP contribution in [0.1, 0.15) is 19.8 Å². The van der Waals surface area contributed by atoms with E-state index >= 15 is 0 Å². The van der Waals surface area contributed by atoms with E-state index in [2.05, 4.69) is 54.3 Å². The van der Waals surface area contributed by atoms with E-state index in [-0.39, 0.29) is 6.10 Å². The Labute approximate surface area is 151 Å². The molecule has 0 saturated heterocycles. The maximum absolute atomic E-state index is 6.12. The van der Waals surface area contributed by atoms with E-state index in [1.165, 1.54) is 10.9 Å². The van der Waals surface area contributed by atoms with Gasteiger partial charge in [0.1, 0.15) is 0 Å². The predicted molar refractivity (Wildman–Crippen MR) is 97.7 cm³/mol. The average molecular weight is 396 g/mol. The van der Waals surface area contributed by atoms with Gasteiger partial charge in [0.25, 0.3) is 0 Å². The topological polar surface area (TPSA) is 27.3 Å². The van der Waals surface area contributed by atoms with Gasteiger partial charge in [0, 0.05) is 0 Å². The van der Waals surface area contributed by atoms with Crippen LogP contribution in [0.25, 0.3) is 0 Å². The van der Waals surface area contributed by atoms with Gasteiger partial charge in [-0.2, -0.15) is 0 Å². The first-order chi connectivity index (χ1) is 11.8. The molecule has 0 amide bonds. The molecule has 2 aromatic rings. The average Bonchev–Trinajstić information content (AvgIpc) is 3.02. The summed E-state index contributed by atoms with van der Waals surface area (Å²) in [6, 6.07) is 10.7. The SMILES string of the molecule is CCCCOCC(C[Se]c1ccccc1)OCCn1cc[n+](C)c1. The summed E-state index contributed by atoms with van der Waals surface area (Å²) in [5, 5.41) is 1.06.